The van der Waals surface area contributed by atoms with Crippen LogP contribution in [0.2, 0.25) is 13.1 Å². The summed E-state index contributed by atoms with van der Waals surface area (Å²) in [6.07, 6.45) is -0.316. The molecule has 1 heterocycles. The zero-order valence-electron chi connectivity index (χ0n) is 13.7. The van der Waals surface area contributed by atoms with Gasteiger partial charge in [0.25, 0.3) is 5.91 Å². The first-order chi connectivity index (χ1) is 10.2. The van der Waals surface area contributed by atoms with Gasteiger partial charge in [-0.15, -0.1) is 0 Å². The number of carbonyl (C=O) groups excluding carboxylic acids is 1. The van der Waals surface area contributed by atoms with Crippen LogP contribution >= 0.6 is 0 Å². The Morgan fingerprint density at radius 3 is 2.68 bits per heavy atom. The Balaban J connectivity index is 2.16. The molecule has 1 aromatic rings. The van der Waals surface area contributed by atoms with Crippen molar-refractivity contribution in [2.24, 2.45) is 5.41 Å². The number of hydrogen-bond acceptors (Lipinski definition) is 3. The molecular weight excluding hydrogens is 301 g/mol. The zero-order chi connectivity index (χ0) is 16.5. The first kappa shape index (κ1) is 17.0. The SMILES string of the molecule is C[Si](C)OC(CC1Oc2cc(F)ccc2NC1=O)C(C)(C)C. The van der Waals surface area contributed by atoms with E-state index in [0.717, 1.165) is 0 Å². The summed E-state index contributed by atoms with van der Waals surface area (Å²) in [6, 6.07) is 4.10. The highest BCUT2D eigenvalue weighted by Crippen LogP contribution is 2.34. The number of carbonyl (C=O) groups is 1. The molecule has 1 amide bonds. The van der Waals surface area contributed by atoms with Crippen molar-refractivity contribution in [1.82, 2.24) is 0 Å². The van der Waals surface area contributed by atoms with Crippen LogP contribution in [0.5, 0.6) is 5.75 Å². The van der Waals surface area contributed by atoms with Gasteiger partial charge in [0.2, 0.25) is 9.04 Å². The van der Waals surface area contributed by atoms with Crippen molar-refractivity contribution in [3.8, 4) is 5.75 Å². The Labute approximate surface area is 132 Å². The maximum Gasteiger partial charge on any atom is 0.265 e. The van der Waals surface area contributed by atoms with Crippen LogP contribution in [-0.2, 0) is 9.22 Å². The minimum atomic E-state index is -0.897. The standard InChI is InChI=1S/C16H23FNO3Si/c1-16(2,3)14(21-22(4)5)9-13-15(19)18-11-7-6-10(17)8-12(11)20-13/h6-8,13-14H,9H2,1-5H3,(H,18,19). The topological polar surface area (TPSA) is 47.6 Å². The molecule has 1 N–H and O–H groups in total. The summed E-state index contributed by atoms with van der Waals surface area (Å²) < 4.78 is 25.1. The van der Waals surface area contributed by atoms with Crippen LogP contribution in [0.1, 0.15) is 27.2 Å². The van der Waals surface area contributed by atoms with E-state index >= 15 is 0 Å². The number of amides is 1. The number of ether oxygens (including phenoxy) is 1. The highest BCUT2D eigenvalue weighted by atomic mass is 28.3. The summed E-state index contributed by atoms with van der Waals surface area (Å²) in [5.74, 6) is -0.224. The Kier molecular flexibility index (Phi) is 4.92. The van der Waals surface area contributed by atoms with Gasteiger partial charge in [0, 0.05) is 12.5 Å². The van der Waals surface area contributed by atoms with Gasteiger partial charge in [0.1, 0.15) is 11.6 Å². The molecule has 0 bridgehead atoms. The summed E-state index contributed by atoms with van der Waals surface area (Å²) in [5, 5.41) is 2.77. The molecule has 0 fully saturated rings. The molecule has 1 radical (unpaired) electrons. The van der Waals surface area contributed by atoms with Gasteiger partial charge in [-0.3, -0.25) is 4.79 Å². The molecule has 1 aliphatic rings. The fourth-order valence-electron chi connectivity index (χ4n) is 2.33. The lowest BCUT2D eigenvalue weighted by atomic mass is 9.85. The fraction of sp³-hybridized carbons (Fsp3) is 0.562. The molecule has 22 heavy (non-hydrogen) atoms. The second-order valence-electron chi connectivity index (χ2n) is 6.85. The average molecular weight is 324 g/mol. The van der Waals surface area contributed by atoms with Gasteiger partial charge in [-0.25, -0.2) is 4.39 Å². The van der Waals surface area contributed by atoms with Gasteiger partial charge in [-0.05, 0) is 30.6 Å². The highest BCUT2D eigenvalue weighted by Gasteiger charge is 2.35. The van der Waals surface area contributed by atoms with Crippen LogP contribution in [0.4, 0.5) is 10.1 Å². The molecule has 1 aromatic carbocycles. The third kappa shape index (κ3) is 4.07. The third-order valence-electron chi connectivity index (χ3n) is 3.54. The number of rotatable bonds is 4. The predicted molar refractivity (Wildman–Crippen MR) is 85.9 cm³/mol. The summed E-state index contributed by atoms with van der Waals surface area (Å²) in [4.78, 5) is 12.2. The van der Waals surface area contributed by atoms with E-state index in [-0.39, 0.29) is 23.2 Å². The summed E-state index contributed by atoms with van der Waals surface area (Å²) in [7, 11) is -0.897. The van der Waals surface area contributed by atoms with Gasteiger partial charge in [0.15, 0.2) is 6.10 Å². The minimum Gasteiger partial charge on any atom is -0.478 e. The van der Waals surface area contributed by atoms with E-state index in [0.29, 0.717) is 17.9 Å². The van der Waals surface area contributed by atoms with Crippen molar-refractivity contribution in [1.29, 1.82) is 0 Å². The third-order valence-corrected chi connectivity index (χ3v) is 4.29. The highest BCUT2D eigenvalue weighted by molar-refractivity contribution is 6.48. The molecule has 0 aromatic heterocycles. The Hall–Kier alpha value is -1.40. The molecule has 0 aliphatic carbocycles. The lowest BCUT2D eigenvalue weighted by Crippen LogP contribution is -2.44. The smallest absolute Gasteiger partial charge is 0.265 e. The van der Waals surface area contributed by atoms with Crippen molar-refractivity contribution < 1.29 is 18.3 Å². The second-order valence-corrected chi connectivity index (χ2v) is 8.90. The normalized spacial score (nSPS) is 19.4. The van der Waals surface area contributed by atoms with Crippen LogP contribution in [0.25, 0.3) is 0 Å². The van der Waals surface area contributed by atoms with Crippen molar-refractivity contribution in [2.75, 3.05) is 5.32 Å². The monoisotopic (exact) mass is 324 g/mol. The van der Waals surface area contributed by atoms with Crippen LogP contribution in [0.15, 0.2) is 18.2 Å². The van der Waals surface area contributed by atoms with Crippen LogP contribution in [0, 0.1) is 11.2 Å². The Morgan fingerprint density at radius 2 is 2.09 bits per heavy atom. The lowest BCUT2D eigenvalue weighted by Gasteiger charge is -2.36. The molecule has 2 rings (SSSR count). The van der Waals surface area contributed by atoms with Crippen molar-refractivity contribution in [3.05, 3.63) is 24.0 Å². The van der Waals surface area contributed by atoms with Crippen LogP contribution < -0.4 is 10.1 Å². The first-order valence-electron chi connectivity index (χ1n) is 7.40. The summed E-state index contributed by atoms with van der Waals surface area (Å²) in [5.41, 5.74) is 0.403. The van der Waals surface area contributed by atoms with Crippen molar-refractivity contribution in [3.63, 3.8) is 0 Å². The molecule has 6 heteroatoms. The second kappa shape index (κ2) is 6.38. The predicted octanol–water partition coefficient (Wildman–Crippen LogP) is 3.60. The van der Waals surface area contributed by atoms with Gasteiger partial charge >= 0.3 is 0 Å². The summed E-state index contributed by atoms with van der Waals surface area (Å²) in [6.45, 7) is 10.4. The van der Waals surface area contributed by atoms with Gasteiger partial charge in [-0.1, -0.05) is 20.8 Å². The largest absolute Gasteiger partial charge is 0.478 e. The van der Waals surface area contributed by atoms with E-state index in [9.17, 15) is 9.18 Å². The molecule has 0 saturated carbocycles. The van der Waals surface area contributed by atoms with E-state index in [1.165, 1.54) is 18.2 Å². The van der Waals surface area contributed by atoms with E-state index in [2.05, 4.69) is 39.2 Å². The lowest BCUT2D eigenvalue weighted by molar-refractivity contribution is -0.125. The number of anilines is 1. The van der Waals surface area contributed by atoms with Crippen LogP contribution in [-0.4, -0.2) is 27.2 Å². The summed E-state index contributed by atoms with van der Waals surface area (Å²) >= 11 is 0. The first-order valence-corrected chi connectivity index (χ1v) is 9.81. The molecule has 2 atom stereocenters. The Morgan fingerprint density at radius 1 is 1.41 bits per heavy atom. The average Bonchev–Trinajstić information content (AvgIpc) is 2.37. The number of halogens is 1. The quantitative estimate of drug-likeness (QED) is 0.861. The van der Waals surface area contributed by atoms with E-state index < -0.39 is 15.1 Å². The molecule has 2 unspecified atom stereocenters. The van der Waals surface area contributed by atoms with Gasteiger partial charge < -0.3 is 14.5 Å². The number of nitrogens with one attached hydrogen (secondary N) is 1. The van der Waals surface area contributed by atoms with Crippen molar-refractivity contribution >= 4 is 20.6 Å². The van der Waals surface area contributed by atoms with Gasteiger partial charge in [0.05, 0.1) is 11.8 Å². The fourth-order valence-corrected chi connectivity index (χ4v) is 3.35. The molecule has 121 valence electrons. The zero-order valence-corrected chi connectivity index (χ0v) is 14.7. The number of fused-ring (bicyclic) bond motifs is 1. The molecule has 0 spiro atoms. The Bertz CT molecular complexity index is 557. The van der Waals surface area contributed by atoms with E-state index in [4.69, 9.17) is 9.16 Å². The van der Waals surface area contributed by atoms with Gasteiger partial charge in [-0.2, -0.15) is 0 Å². The van der Waals surface area contributed by atoms with Crippen molar-refractivity contribution in [2.45, 2.75) is 52.5 Å². The number of benzene rings is 1. The molecular formula is C16H23FNO3Si. The molecule has 4 nitrogen and oxygen atoms in total. The maximum absolute atomic E-state index is 13.3. The van der Waals surface area contributed by atoms with Crippen LogP contribution in [0.3, 0.4) is 0 Å². The molecule has 1 aliphatic heterocycles. The van der Waals surface area contributed by atoms with E-state index in [1.807, 2.05) is 0 Å². The number of hydrogen-bond donors (Lipinski definition) is 1. The molecule has 0 saturated heterocycles. The minimum absolute atomic E-state index is 0.0951. The van der Waals surface area contributed by atoms with E-state index in [1.54, 1.807) is 0 Å². The maximum atomic E-state index is 13.3.